The third-order valence-corrected chi connectivity index (χ3v) is 3.82. The molecule has 0 saturated heterocycles. The minimum absolute atomic E-state index is 0.194. The van der Waals surface area contributed by atoms with Crippen molar-refractivity contribution in [2.45, 2.75) is 32.7 Å². The van der Waals surface area contributed by atoms with Gasteiger partial charge in [0.2, 0.25) is 0 Å². The molecule has 0 radical (unpaired) electrons. The van der Waals surface area contributed by atoms with Gasteiger partial charge in [-0.05, 0) is 31.4 Å². The summed E-state index contributed by atoms with van der Waals surface area (Å²) in [6, 6.07) is 4.23. The minimum atomic E-state index is -0.579. The number of carbonyl (C=O) groups excluding carboxylic acids is 1. The van der Waals surface area contributed by atoms with Crippen LogP contribution < -0.4 is 11.1 Å². The number of nitrogens with zero attached hydrogens (tertiary/aromatic N) is 4. The number of carbonyl (C=O) groups is 1. The van der Waals surface area contributed by atoms with E-state index in [4.69, 9.17) is 5.73 Å². The molecule has 1 atom stereocenters. The van der Waals surface area contributed by atoms with Crippen molar-refractivity contribution in [2.75, 3.05) is 6.54 Å². The third-order valence-electron chi connectivity index (χ3n) is 3.82. The Kier molecular flexibility index (Phi) is 5.48. The Morgan fingerprint density at radius 3 is 2.72 bits per heavy atom. The predicted molar refractivity (Wildman–Crippen MR) is 92.4 cm³/mol. The van der Waals surface area contributed by atoms with Gasteiger partial charge in [-0.15, -0.1) is 0 Å². The molecule has 1 amide bonds. The molecule has 9 nitrogen and oxygen atoms in total. The van der Waals surface area contributed by atoms with Crippen molar-refractivity contribution in [3.63, 3.8) is 0 Å². The average Bonchev–Trinajstić information content (AvgIpc) is 3.07. The van der Waals surface area contributed by atoms with E-state index in [2.05, 4.69) is 15.4 Å². The summed E-state index contributed by atoms with van der Waals surface area (Å²) in [7, 11) is 0. The van der Waals surface area contributed by atoms with E-state index in [0.29, 0.717) is 12.3 Å². The standard InChI is InChI=1S/C16H22N6O3/c1-11(2)7-16(3,8-17)20-15(23)12-4-5-13(14(6-12)22(24)25)21-10-18-9-19-21/h4-6,9-11H,7-8,17H2,1-3H3,(H,20,23). The molecule has 0 aliphatic heterocycles. The summed E-state index contributed by atoms with van der Waals surface area (Å²) >= 11 is 0. The van der Waals surface area contributed by atoms with Gasteiger partial charge in [0.05, 0.1) is 4.92 Å². The molecule has 3 N–H and O–H groups in total. The highest BCUT2D eigenvalue weighted by Gasteiger charge is 2.27. The van der Waals surface area contributed by atoms with Crippen LogP contribution in [0.5, 0.6) is 0 Å². The molecule has 0 fully saturated rings. The molecular weight excluding hydrogens is 324 g/mol. The van der Waals surface area contributed by atoms with E-state index in [1.54, 1.807) is 0 Å². The van der Waals surface area contributed by atoms with Gasteiger partial charge in [-0.3, -0.25) is 14.9 Å². The summed E-state index contributed by atoms with van der Waals surface area (Å²) in [5.41, 5.74) is 5.43. The second-order valence-electron chi connectivity index (χ2n) is 6.62. The van der Waals surface area contributed by atoms with Crippen LogP contribution >= 0.6 is 0 Å². The Balaban J connectivity index is 2.32. The molecule has 2 aromatic rings. The molecule has 1 heterocycles. The first-order valence-corrected chi connectivity index (χ1v) is 7.92. The van der Waals surface area contributed by atoms with E-state index < -0.39 is 16.4 Å². The lowest BCUT2D eigenvalue weighted by Crippen LogP contribution is -2.52. The van der Waals surface area contributed by atoms with Crippen LogP contribution in [0.2, 0.25) is 0 Å². The van der Waals surface area contributed by atoms with Gasteiger partial charge in [0, 0.05) is 23.7 Å². The largest absolute Gasteiger partial charge is 0.346 e. The molecule has 0 bridgehead atoms. The van der Waals surface area contributed by atoms with Crippen LogP contribution in [0.4, 0.5) is 5.69 Å². The molecular formula is C16H22N6O3. The Hall–Kier alpha value is -2.81. The Bertz CT molecular complexity index is 759. The number of nitro groups is 1. The second-order valence-corrected chi connectivity index (χ2v) is 6.62. The smallest absolute Gasteiger partial charge is 0.295 e. The SMILES string of the molecule is CC(C)CC(C)(CN)NC(=O)c1ccc(-n2cncn2)c([N+](=O)[O-])c1. The zero-order chi connectivity index (χ0) is 18.6. The van der Waals surface area contributed by atoms with Crippen LogP contribution in [0.3, 0.4) is 0 Å². The van der Waals surface area contributed by atoms with Crippen LogP contribution in [0, 0.1) is 16.0 Å². The summed E-state index contributed by atoms with van der Waals surface area (Å²) in [4.78, 5) is 27.1. The van der Waals surface area contributed by atoms with Gasteiger partial charge in [-0.25, -0.2) is 9.67 Å². The number of aromatic nitrogens is 3. The van der Waals surface area contributed by atoms with Crippen LogP contribution in [-0.2, 0) is 0 Å². The lowest BCUT2D eigenvalue weighted by atomic mass is 9.90. The minimum Gasteiger partial charge on any atom is -0.346 e. The van der Waals surface area contributed by atoms with Gasteiger partial charge >= 0.3 is 0 Å². The molecule has 0 spiro atoms. The van der Waals surface area contributed by atoms with Gasteiger partial charge in [-0.1, -0.05) is 13.8 Å². The normalized spacial score (nSPS) is 13.5. The number of hydrogen-bond acceptors (Lipinski definition) is 6. The van der Waals surface area contributed by atoms with Crippen LogP contribution in [0.15, 0.2) is 30.9 Å². The highest BCUT2D eigenvalue weighted by molar-refractivity contribution is 5.95. The maximum atomic E-state index is 12.5. The number of rotatable bonds is 7. The molecule has 2 rings (SSSR count). The number of nitrogens with two attached hydrogens (primary N) is 1. The quantitative estimate of drug-likeness (QED) is 0.579. The summed E-state index contributed by atoms with van der Waals surface area (Å²) in [5, 5.41) is 18.2. The number of hydrogen-bond donors (Lipinski definition) is 2. The van der Waals surface area contributed by atoms with Crippen molar-refractivity contribution in [3.05, 3.63) is 46.5 Å². The number of amides is 1. The van der Waals surface area contributed by atoms with Crippen molar-refractivity contribution >= 4 is 11.6 Å². The first kappa shape index (κ1) is 18.5. The van der Waals surface area contributed by atoms with E-state index in [1.807, 2.05) is 20.8 Å². The Labute approximate surface area is 145 Å². The second kappa shape index (κ2) is 7.39. The summed E-state index contributed by atoms with van der Waals surface area (Å²) in [6.07, 6.45) is 3.34. The van der Waals surface area contributed by atoms with Gasteiger partial charge in [-0.2, -0.15) is 5.10 Å². The number of nitrogens with one attached hydrogen (secondary N) is 1. The molecule has 25 heavy (non-hydrogen) atoms. The Morgan fingerprint density at radius 1 is 1.48 bits per heavy atom. The van der Waals surface area contributed by atoms with E-state index >= 15 is 0 Å². The highest BCUT2D eigenvalue weighted by Crippen LogP contribution is 2.24. The Morgan fingerprint density at radius 2 is 2.20 bits per heavy atom. The zero-order valence-electron chi connectivity index (χ0n) is 14.5. The first-order chi connectivity index (χ1) is 11.8. The zero-order valence-corrected chi connectivity index (χ0v) is 14.5. The maximum Gasteiger partial charge on any atom is 0.295 e. The number of benzene rings is 1. The molecule has 134 valence electrons. The highest BCUT2D eigenvalue weighted by atomic mass is 16.6. The van der Waals surface area contributed by atoms with Gasteiger partial charge < -0.3 is 11.1 Å². The molecule has 1 aromatic heterocycles. The third kappa shape index (κ3) is 4.38. The topological polar surface area (TPSA) is 129 Å². The average molecular weight is 346 g/mol. The maximum absolute atomic E-state index is 12.5. The van der Waals surface area contributed by atoms with Crippen LogP contribution in [0.25, 0.3) is 5.69 Å². The summed E-state index contributed by atoms with van der Waals surface area (Å²) in [6.45, 7) is 6.22. The van der Waals surface area contributed by atoms with Crippen molar-refractivity contribution in [2.24, 2.45) is 11.7 Å². The van der Waals surface area contributed by atoms with Crippen molar-refractivity contribution < 1.29 is 9.72 Å². The van der Waals surface area contributed by atoms with E-state index in [-0.39, 0.29) is 23.5 Å². The monoisotopic (exact) mass is 346 g/mol. The fourth-order valence-electron chi connectivity index (χ4n) is 2.77. The van der Waals surface area contributed by atoms with Crippen LogP contribution in [0.1, 0.15) is 37.6 Å². The van der Waals surface area contributed by atoms with Crippen LogP contribution in [-0.4, -0.2) is 37.7 Å². The predicted octanol–water partition coefficient (Wildman–Crippen LogP) is 1.67. The lowest BCUT2D eigenvalue weighted by Gasteiger charge is -2.31. The molecule has 0 aliphatic carbocycles. The fourth-order valence-corrected chi connectivity index (χ4v) is 2.77. The van der Waals surface area contributed by atoms with E-state index in [0.717, 1.165) is 0 Å². The molecule has 0 saturated carbocycles. The molecule has 9 heteroatoms. The van der Waals surface area contributed by atoms with Crippen molar-refractivity contribution in [1.82, 2.24) is 20.1 Å². The molecule has 0 aliphatic rings. The molecule has 1 aromatic carbocycles. The van der Waals surface area contributed by atoms with Gasteiger partial charge in [0.15, 0.2) is 0 Å². The van der Waals surface area contributed by atoms with Crippen molar-refractivity contribution in [1.29, 1.82) is 0 Å². The fraction of sp³-hybridized carbons (Fsp3) is 0.438. The summed E-state index contributed by atoms with van der Waals surface area (Å²) in [5.74, 6) is -0.0558. The van der Waals surface area contributed by atoms with Gasteiger partial charge in [0.25, 0.3) is 11.6 Å². The van der Waals surface area contributed by atoms with E-state index in [9.17, 15) is 14.9 Å². The van der Waals surface area contributed by atoms with Crippen molar-refractivity contribution in [3.8, 4) is 5.69 Å². The lowest BCUT2D eigenvalue weighted by molar-refractivity contribution is -0.384. The van der Waals surface area contributed by atoms with Gasteiger partial charge in [0.1, 0.15) is 18.3 Å². The summed E-state index contributed by atoms with van der Waals surface area (Å²) < 4.78 is 1.28. The number of nitro benzene ring substituents is 1. The first-order valence-electron chi connectivity index (χ1n) is 7.92. The molecule has 1 unspecified atom stereocenters. The van der Waals surface area contributed by atoms with E-state index in [1.165, 1.54) is 35.5 Å².